The van der Waals surface area contributed by atoms with Crippen molar-refractivity contribution in [1.82, 2.24) is 4.90 Å². The summed E-state index contributed by atoms with van der Waals surface area (Å²) < 4.78 is 18.9. The highest BCUT2D eigenvalue weighted by molar-refractivity contribution is 5.97. The number of rotatable bonds is 6. The molecule has 3 aromatic carbocycles. The Bertz CT molecular complexity index is 995. The molecule has 0 aromatic heterocycles. The Morgan fingerprint density at radius 2 is 1.59 bits per heavy atom. The highest BCUT2D eigenvalue weighted by Gasteiger charge is 2.17. The lowest BCUT2D eigenvalue weighted by Crippen LogP contribution is -2.33. The molecule has 1 heterocycles. The van der Waals surface area contributed by atoms with E-state index in [2.05, 4.69) is 23.1 Å². The summed E-state index contributed by atoms with van der Waals surface area (Å²) in [6.45, 7) is 1.89. The van der Waals surface area contributed by atoms with Crippen LogP contribution < -0.4 is 4.74 Å². The fraction of sp³-hybridized carbons (Fsp3) is 0.160. The largest absolute Gasteiger partial charge is 0.457 e. The molecule has 0 amide bonds. The highest BCUT2D eigenvalue weighted by atomic mass is 19.1. The van der Waals surface area contributed by atoms with E-state index in [1.807, 2.05) is 42.5 Å². The fourth-order valence-electron chi connectivity index (χ4n) is 3.41. The van der Waals surface area contributed by atoms with Crippen molar-refractivity contribution >= 4 is 11.4 Å². The molecule has 146 valence electrons. The van der Waals surface area contributed by atoms with Gasteiger partial charge in [-0.2, -0.15) is 0 Å². The lowest BCUT2D eigenvalue weighted by molar-refractivity contribution is 0.0937. The number of carbonyl (C=O) groups excluding carboxylic acids is 1. The number of hydrogen-bond donors (Lipinski definition) is 0. The van der Waals surface area contributed by atoms with Crippen molar-refractivity contribution < 1.29 is 13.9 Å². The van der Waals surface area contributed by atoms with Crippen LogP contribution in [0.15, 0.2) is 84.9 Å². The van der Waals surface area contributed by atoms with Crippen LogP contribution in [0.2, 0.25) is 0 Å². The maximum Gasteiger partial charge on any atom is 0.176 e. The molecule has 0 saturated heterocycles. The molecule has 0 unspecified atom stereocenters. The predicted octanol–water partition coefficient (Wildman–Crippen LogP) is 5.59. The van der Waals surface area contributed by atoms with E-state index in [-0.39, 0.29) is 11.6 Å². The van der Waals surface area contributed by atoms with Gasteiger partial charge < -0.3 is 4.74 Å². The van der Waals surface area contributed by atoms with Gasteiger partial charge in [-0.1, -0.05) is 36.4 Å². The zero-order valence-electron chi connectivity index (χ0n) is 16.1. The van der Waals surface area contributed by atoms with E-state index in [4.69, 9.17) is 4.74 Å². The van der Waals surface area contributed by atoms with Gasteiger partial charge in [0.1, 0.15) is 17.3 Å². The summed E-state index contributed by atoms with van der Waals surface area (Å²) in [5, 5.41) is 0. The van der Waals surface area contributed by atoms with E-state index in [0.717, 1.165) is 31.0 Å². The van der Waals surface area contributed by atoms with E-state index in [0.29, 0.717) is 12.1 Å². The minimum Gasteiger partial charge on any atom is -0.457 e. The summed E-state index contributed by atoms with van der Waals surface area (Å²) in [5.74, 6) is 1.32. The Balaban J connectivity index is 1.34. The van der Waals surface area contributed by atoms with Crippen LogP contribution in [0.25, 0.3) is 5.57 Å². The van der Waals surface area contributed by atoms with Crippen LogP contribution >= 0.6 is 0 Å². The standard InChI is InChI=1S/C25H22FNO2/c26-22-10-6-21(7-11-22)25(28)18-27-16-14-20(15-17-27)19-8-12-24(13-9-19)29-23-4-2-1-3-5-23/h1-14H,15-18H2. The third-order valence-corrected chi connectivity index (χ3v) is 5.03. The Labute approximate surface area is 170 Å². The lowest BCUT2D eigenvalue weighted by atomic mass is 9.99. The second-order valence-electron chi connectivity index (χ2n) is 7.08. The van der Waals surface area contributed by atoms with Gasteiger partial charge in [0.05, 0.1) is 6.54 Å². The Morgan fingerprint density at radius 3 is 2.24 bits per heavy atom. The van der Waals surface area contributed by atoms with Crippen LogP contribution in [0.4, 0.5) is 4.39 Å². The number of benzene rings is 3. The third-order valence-electron chi connectivity index (χ3n) is 5.03. The molecule has 0 radical (unpaired) electrons. The van der Waals surface area contributed by atoms with Crippen molar-refractivity contribution in [2.45, 2.75) is 6.42 Å². The molecule has 0 spiro atoms. The SMILES string of the molecule is O=C(CN1CC=C(c2ccc(Oc3ccccc3)cc2)CC1)c1ccc(F)cc1. The molecule has 0 bridgehead atoms. The molecule has 29 heavy (non-hydrogen) atoms. The van der Waals surface area contributed by atoms with Crippen LogP contribution in [-0.2, 0) is 0 Å². The molecule has 3 aromatic rings. The van der Waals surface area contributed by atoms with Crippen molar-refractivity contribution in [3.63, 3.8) is 0 Å². The van der Waals surface area contributed by atoms with Crippen molar-refractivity contribution in [2.75, 3.05) is 19.6 Å². The average molecular weight is 387 g/mol. The van der Waals surface area contributed by atoms with Crippen molar-refractivity contribution in [3.05, 3.63) is 102 Å². The fourth-order valence-corrected chi connectivity index (χ4v) is 3.41. The van der Waals surface area contributed by atoms with Crippen molar-refractivity contribution in [3.8, 4) is 11.5 Å². The Hall–Kier alpha value is -3.24. The molecular weight excluding hydrogens is 365 g/mol. The van der Waals surface area contributed by atoms with E-state index >= 15 is 0 Å². The number of ether oxygens (including phenoxy) is 1. The zero-order valence-corrected chi connectivity index (χ0v) is 16.1. The van der Waals surface area contributed by atoms with Gasteiger partial charge in [0.2, 0.25) is 0 Å². The van der Waals surface area contributed by atoms with Crippen molar-refractivity contribution in [2.24, 2.45) is 0 Å². The molecule has 0 aliphatic carbocycles. The van der Waals surface area contributed by atoms with E-state index < -0.39 is 0 Å². The van der Waals surface area contributed by atoms with Gasteiger partial charge in [0.25, 0.3) is 0 Å². The molecule has 1 aliphatic heterocycles. The highest BCUT2D eigenvalue weighted by Crippen LogP contribution is 2.26. The van der Waals surface area contributed by atoms with E-state index in [1.165, 1.54) is 23.3 Å². The summed E-state index contributed by atoms with van der Waals surface area (Å²) in [6, 6.07) is 23.6. The number of ketones is 1. The molecule has 4 rings (SSSR count). The van der Waals surface area contributed by atoms with Gasteiger partial charge in [0.15, 0.2) is 5.78 Å². The number of nitrogens with zero attached hydrogens (tertiary/aromatic N) is 1. The van der Waals surface area contributed by atoms with Gasteiger partial charge in [-0.15, -0.1) is 0 Å². The monoisotopic (exact) mass is 387 g/mol. The van der Waals surface area contributed by atoms with Crippen LogP contribution in [-0.4, -0.2) is 30.3 Å². The second-order valence-corrected chi connectivity index (χ2v) is 7.08. The first-order valence-corrected chi connectivity index (χ1v) is 9.71. The summed E-state index contributed by atoms with van der Waals surface area (Å²) in [4.78, 5) is 14.5. The number of para-hydroxylation sites is 1. The minimum absolute atomic E-state index is 0.0178. The first-order chi connectivity index (χ1) is 14.2. The zero-order chi connectivity index (χ0) is 20.1. The average Bonchev–Trinajstić information content (AvgIpc) is 2.76. The number of halogens is 1. The smallest absolute Gasteiger partial charge is 0.176 e. The summed E-state index contributed by atoms with van der Waals surface area (Å²) in [6.07, 6.45) is 3.06. The molecule has 0 saturated carbocycles. The molecule has 0 atom stereocenters. The second kappa shape index (κ2) is 8.84. The first kappa shape index (κ1) is 19.1. The number of Topliss-reactive ketones (excluding diaryl/α,β-unsaturated/α-hetero) is 1. The molecule has 3 nitrogen and oxygen atoms in total. The van der Waals surface area contributed by atoms with Crippen LogP contribution in [0.5, 0.6) is 11.5 Å². The van der Waals surface area contributed by atoms with Crippen LogP contribution in [0.3, 0.4) is 0 Å². The summed E-state index contributed by atoms with van der Waals surface area (Å²) >= 11 is 0. The number of hydrogen-bond acceptors (Lipinski definition) is 3. The normalized spacial score (nSPS) is 14.3. The van der Waals surface area contributed by atoms with Gasteiger partial charge in [-0.3, -0.25) is 9.69 Å². The Kier molecular flexibility index (Phi) is 5.82. The van der Waals surface area contributed by atoms with Gasteiger partial charge in [-0.25, -0.2) is 4.39 Å². The van der Waals surface area contributed by atoms with Gasteiger partial charge in [-0.05, 0) is 66.1 Å². The topological polar surface area (TPSA) is 29.5 Å². The van der Waals surface area contributed by atoms with Crippen molar-refractivity contribution in [1.29, 1.82) is 0 Å². The molecule has 1 aliphatic rings. The van der Waals surface area contributed by atoms with Crippen LogP contribution in [0, 0.1) is 5.82 Å². The quantitative estimate of drug-likeness (QED) is 0.517. The first-order valence-electron chi connectivity index (χ1n) is 9.71. The molecule has 0 fully saturated rings. The number of carbonyl (C=O) groups is 1. The third kappa shape index (κ3) is 4.98. The van der Waals surface area contributed by atoms with E-state index in [1.54, 1.807) is 12.1 Å². The van der Waals surface area contributed by atoms with Gasteiger partial charge in [0, 0.05) is 18.7 Å². The molecule has 0 N–H and O–H groups in total. The molecule has 4 heteroatoms. The summed E-state index contributed by atoms with van der Waals surface area (Å²) in [5.41, 5.74) is 3.01. The van der Waals surface area contributed by atoms with E-state index in [9.17, 15) is 9.18 Å². The summed E-state index contributed by atoms with van der Waals surface area (Å²) in [7, 11) is 0. The maximum atomic E-state index is 13.0. The maximum absolute atomic E-state index is 13.0. The molecular formula is C25H22FNO2. The Morgan fingerprint density at radius 1 is 0.897 bits per heavy atom. The predicted molar refractivity (Wildman–Crippen MR) is 113 cm³/mol. The van der Waals surface area contributed by atoms with Crippen LogP contribution in [0.1, 0.15) is 22.3 Å². The minimum atomic E-state index is -0.327. The van der Waals surface area contributed by atoms with Gasteiger partial charge >= 0.3 is 0 Å². The lowest BCUT2D eigenvalue weighted by Gasteiger charge is -2.26.